The van der Waals surface area contributed by atoms with Gasteiger partial charge < -0.3 is 24.9 Å². The van der Waals surface area contributed by atoms with Crippen LogP contribution in [0.4, 0.5) is 17.8 Å². The largest absolute Gasteiger partial charge is 0.376 e. The van der Waals surface area contributed by atoms with Crippen LogP contribution in [0.15, 0.2) is 0 Å². The van der Waals surface area contributed by atoms with E-state index in [0.717, 1.165) is 6.54 Å². The molecule has 8 nitrogen and oxygen atoms in total. The molecule has 1 rings (SSSR count). The summed E-state index contributed by atoms with van der Waals surface area (Å²) in [6, 6.07) is 0. The molecule has 0 bridgehead atoms. The van der Waals surface area contributed by atoms with Gasteiger partial charge in [-0.1, -0.05) is 0 Å². The summed E-state index contributed by atoms with van der Waals surface area (Å²) in [5.74, 6) is 1.22. The zero-order chi connectivity index (χ0) is 13.7. The van der Waals surface area contributed by atoms with E-state index in [-0.39, 0.29) is 13.5 Å². The van der Waals surface area contributed by atoms with Crippen molar-refractivity contribution in [2.75, 3.05) is 55.8 Å². The molecule has 0 aliphatic rings. The standard InChI is InChI=1S/C10H20N6O2/c1-5-14(2)8-11-9(15(3)6-17)13-10(12-8)16(4)7-18/h17-18H,5-7H2,1-4H3. The lowest BCUT2D eigenvalue weighted by Crippen LogP contribution is -2.28. The van der Waals surface area contributed by atoms with Crippen LogP contribution in [0, 0.1) is 0 Å². The van der Waals surface area contributed by atoms with Crippen LogP contribution in [0.5, 0.6) is 0 Å². The molecule has 1 aromatic heterocycles. The summed E-state index contributed by atoms with van der Waals surface area (Å²) >= 11 is 0. The van der Waals surface area contributed by atoms with Gasteiger partial charge in [-0.05, 0) is 6.92 Å². The Labute approximate surface area is 107 Å². The van der Waals surface area contributed by atoms with Crippen molar-refractivity contribution in [2.45, 2.75) is 6.92 Å². The van der Waals surface area contributed by atoms with E-state index in [1.165, 1.54) is 9.80 Å². The molecule has 1 aromatic rings. The van der Waals surface area contributed by atoms with Gasteiger partial charge in [-0.2, -0.15) is 15.0 Å². The molecule has 8 heteroatoms. The second kappa shape index (κ2) is 6.31. The summed E-state index contributed by atoms with van der Waals surface area (Å²) in [4.78, 5) is 17.5. The maximum absolute atomic E-state index is 9.11. The lowest BCUT2D eigenvalue weighted by Gasteiger charge is -2.21. The number of hydrogen-bond donors (Lipinski definition) is 2. The van der Waals surface area contributed by atoms with Crippen molar-refractivity contribution in [1.82, 2.24) is 15.0 Å². The van der Waals surface area contributed by atoms with E-state index in [9.17, 15) is 0 Å². The predicted molar refractivity (Wildman–Crippen MR) is 69.7 cm³/mol. The summed E-state index contributed by atoms with van der Waals surface area (Å²) in [5.41, 5.74) is 0. The van der Waals surface area contributed by atoms with E-state index >= 15 is 0 Å². The molecule has 2 N–H and O–H groups in total. The van der Waals surface area contributed by atoms with Gasteiger partial charge in [-0.25, -0.2) is 0 Å². The van der Waals surface area contributed by atoms with Crippen molar-refractivity contribution >= 4 is 17.8 Å². The molecule has 0 saturated heterocycles. The minimum absolute atomic E-state index is 0.193. The number of anilines is 3. The van der Waals surface area contributed by atoms with Gasteiger partial charge in [0, 0.05) is 27.7 Å². The Morgan fingerprint density at radius 2 is 1.11 bits per heavy atom. The highest BCUT2D eigenvalue weighted by atomic mass is 16.3. The van der Waals surface area contributed by atoms with Crippen molar-refractivity contribution in [3.05, 3.63) is 0 Å². The Morgan fingerprint density at radius 3 is 1.39 bits per heavy atom. The van der Waals surface area contributed by atoms with Gasteiger partial charge in [0.2, 0.25) is 17.8 Å². The van der Waals surface area contributed by atoms with Crippen molar-refractivity contribution in [1.29, 1.82) is 0 Å². The topological polar surface area (TPSA) is 88.9 Å². The maximum Gasteiger partial charge on any atom is 0.233 e. The molecule has 0 atom stereocenters. The van der Waals surface area contributed by atoms with Crippen LogP contribution in [0.25, 0.3) is 0 Å². The summed E-state index contributed by atoms with van der Waals surface area (Å²) < 4.78 is 0. The highest BCUT2D eigenvalue weighted by Gasteiger charge is 2.14. The second-order valence-electron chi connectivity index (χ2n) is 3.93. The van der Waals surface area contributed by atoms with E-state index in [0.29, 0.717) is 17.8 Å². The van der Waals surface area contributed by atoms with Crippen LogP contribution in [0.2, 0.25) is 0 Å². The molecular formula is C10H20N6O2. The van der Waals surface area contributed by atoms with Crippen LogP contribution in [-0.2, 0) is 0 Å². The van der Waals surface area contributed by atoms with E-state index in [1.807, 2.05) is 18.9 Å². The monoisotopic (exact) mass is 256 g/mol. The average molecular weight is 256 g/mol. The fourth-order valence-corrected chi connectivity index (χ4v) is 1.12. The van der Waals surface area contributed by atoms with E-state index in [4.69, 9.17) is 10.2 Å². The smallest absolute Gasteiger partial charge is 0.233 e. The first-order valence-corrected chi connectivity index (χ1v) is 5.64. The molecule has 0 aromatic carbocycles. The number of aromatic nitrogens is 3. The van der Waals surface area contributed by atoms with Gasteiger partial charge >= 0.3 is 0 Å². The summed E-state index contributed by atoms with van der Waals surface area (Å²) in [7, 11) is 5.21. The van der Waals surface area contributed by atoms with Crippen molar-refractivity contribution in [3.63, 3.8) is 0 Å². The molecule has 102 valence electrons. The van der Waals surface area contributed by atoms with Crippen molar-refractivity contribution < 1.29 is 10.2 Å². The third-order valence-electron chi connectivity index (χ3n) is 2.52. The van der Waals surface area contributed by atoms with Gasteiger partial charge in [-0.3, -0.25) is 0 Å². The van der Waals surface area contributed by atoms with Crippen molar-refractivity contribution in [3.8, 4) is 0 Å². The van der Waals surface area contributed by atoms with Gasteiger partial charge in [0.15, 0.2) is 0 Å². The SMILES string of the molecule is CCN(C)c1nc(N(C)CO)nc(N(C)CO)n1. The number of nitrogens with zero attached hydrogens (tertiary/aromatic N) is 6. The number of aliphatic hydroxyl groups excluding tert-OH is 2. The molecule has 0 unspecified atom stereocenters. The number of hydrogen-bond acceptors (Lipinski definition) is 8. The zero-order valence-electron chi connectivity index (χ0n) is 11.2. The highest BCUT2D eigenvalue weighted by Crippen LogP contribution is 2.16. The van der Waals surface area contributed by atoms with Crippen LogP contribution in [0.1, 0.15) is 6.92 Å². The minimum atomic E-state index is -0.193. The van der Waals surface area contributed by atoms with Crippen LogP contribution >= 0.6 is 0 Å². The van der Waals surface area contributed by atoms with Crippen LogP contribution in [0.3, 0.4) is 0 Å². The summed E-state index contributed by atoms with van der Waals surface area (Å²) in [6.45, 7) is 2.34. The molecule has 0 radical (unpaired) electrons. The first kappa shape index (κ1) is 14.4. The van der Waals surface area contributed by atoms with E-state index in [1.54, 1.807) is 14.1 Å². The summed E-state index contributed by atoms with van der Waals surface area (Å²) in [5, 5.41) is 18.2. The lowest BCUT2D eigenvalue weighted by molar-refractivity contribution is 0.294. The summed E-state index contributed by atoms with van der Waals surface area (Å²) in [6.07, 6.45) is 0. The van der Waals surface area contributed by atoms with Gasteiger partial charge in [-0.15, -0.1) is 0 Å². The van der Waals surface area contributed by atoms with Gasteiger partial charge in [0.25, 0.3) is 0 Å². The third kappa shape index (κ3) is 3.17. The normalized spacial score (nSPS) is 10.3. The second-order valence-corrected chi connectivity index (χ2v) is 3.93. The Balaban J connectivity index is 3.19. The Morgan fingerprint density at radius 1 is 0.778 bits per heavy atom. The third-order valence-corrected chi connectivity index (χ3v) is 2.52. The molecule has 0 amide bonds. The van der Waals surface area contributed by atoms with Gasteiger partial charge in [0.05, 0.1) is 0 Å². The molecule has 0 aliphatic carbocycles. The first-order chi connectivity index (χ1) is 8.53. The number of aliphatic hydroxyl groups is 2. The molecule has 1 heterocycles. The highest BCUT2D eigenvalue weighted by molar-refractivity contribution is 5.45. The first-order valence-electron chi connectivity index (χ1n) is 5.64. The van der Waals surface area contributed by atoms with E-state index < -0.39 is 0 Å². The molecule has 0 fully saturated rings. The van der Waals surface area contributed by atoms with Crippen LogP contribution in [-0.4, -0.2) is 66.3 Å². The predicted octanol–water partition coefficient (Wildman–Crippen LogP) is -0.900. The van der Waals surface area contributed by atoms with Gasteiger partial charge in [0.1, 0.15) is 13.5 Å². The number of rotatable bonds is 6. The van der Waals surface area contributed by atoms with Crippen molar-refractivity contribution in [2.24, 2.45) is 0 Å². The lowest BCUT2D eigenvalue weighted by atomic mass is 10.6. The Kier molecular flexibility index (Phi) is 5.05. The molecular weight excluding hydrogens is 236 g/mol. The Bertz CT molecular complexity index is 319. The average Bonchev–Trinajstić information content (AvgIpc) is 2.43. The minimum Gasteiger partial charge on any atom is -0.376 e. The van der Waals surface area contributed by atoms with Crippen LogP contribution < -0.4 is 14.7 Å². The Hall–Kier alpha value is -1.67. The zero-order valence-corrected chi connectivity index (χ0v) is 11.2. The molecule has 0 spiro atoms. The quantitative estimate of drug-likeness (QED) is 0.633. The van der Waals surface area contributed by atoms with E-state index in [2.05, 4.69) is 15.0 Å². The molecule has 0 saturated carbocycles. The molecule has 18 heavy (non-hydrogen) atoms. The fourth-order valence-electron chi connectivity index (χ4n) is 1.12. The fraction of sp³-hybridized carbons (Fsp3) is 0.700. The molecule has 0 aliphatic heterocycles. The maximum atomic E-state index is 9.11.